The predicted octanol–water partition coefficient (Wildman–Crippen LogP) is 2.13. The fraction of sp³-hybridized carbons (Fsp3) is 0.286. The molecule has 2 N–H and O–H groups in total. The van der Waals surface area contributed by atoms with E-state index in [1.165, 1.54) is 52.7 Å². The summed E-state index contributed by atoms with van der Waals surface area (Å²) in [5.41, 5.74) is 0.539. The highest BCUT2D eigenvalue weighted by Gasteiger charge is 2.19. The Hall–Kier alpha value is -3.45. The Morgan fingerprint density at radius 1 is 0.912 bits per heavy atom. The van der Waals surface area contributed by atoms with Crippen LogP contribution < -0.4 is 23.7 Å². The summed E-state index contributed by atoms with van der Waals surface area (Å²) in [7, 11) is -2.45. The number of benzene rings is 2. The van der Waals surface area contributed by atoms with E-state index in [1.807, 2.05) is 0 Å². The molecule has 0 saturated heterocycles. The van der Waals surface area contributed by atoms with E-state index < -0.39 is 37.3 Å². The second kappa shape index (κ2) is 11.1. The fourth-order valence-corrected chi connectivity index (χ4v) is 4.92. The third-order valence-corrected chi connectivity index (χ3v) is 6.85. The van der Waals surface area contributed by atoms with Crippen molar-refractivity contribution in [1.29, 1.82) is 0 Å². The molecule has 0 saturated carbocycles. The summed E-state index contributed by atoms with van der Waals surface area (Å²) in [4.78, 5) is 10.8. The van der Waals surface area contributed by atoms with Crippen LogP contribution in [-0.2, 0) is 30.4 Å². The third-order valence-electron chi connectivity index (χ3n) is 4.41. The van der Waals surface area contributed by atoms with Crippen molar-refractivity contribution >= 4 is 37.6 Å². The third kappa shape index (κ3) is 7.28. The summed E-state index contributed by atoms with van der Waals surface area (Å²) in [5, 5.41) is 9.74. The molecule has 0 heterocycles. The number of nitrogens with one attached hydrogen (secondary N) is 1. The van der Waals surface area contributed by atoms with Gasteiger partial charge >= 0.3 is 5.97 Å². The highest BCUT2D eigenvalue weighted by Crippen LogP contribution is 2.35. The van der Waals surface area contributed by atoms with Crippen molar-refractivity contribution in [2.45, 2.75) is 5.75 Å². The fourth-order valence-electron chi connectivity index (χ4n) is 2.94. The molecule has 13 heteroatoms. The minimum atomic E-state index is -4.23. The van der Waals surface area contributed by atoms with E-state index in [2.05, 4.69) is 4.72 Å². The molecule has 0 atom stereocenters. The highest BCUT2D eigenvalue weighted by atomic mass is 32.2. The molecule has 11 nitrogen and oxygen atoms in total. The second-order valence-electron chi connectivity index (χ2n) is 6.85. The van der Waals surface area contributed by atoms with Crippen molar-refractivity contribution in [2.75, 3.05) is 38.9 Å². The van der Waals surface area contributed by atoms with Gasteiger partial charge in [0.05, 0.1) is 45.4 Å². The Morgan fingerprint density at radius 2 is 1.50 bits per heavy atom. The van der Waals surface area contributed by atoms with Crippen molar-refractivity contribution in [2.24, 2.45) is 0 Å². The molecule has 34 heavy (non-hydrogen) atoms. The average molecular weight is 516 g/mol. The lowest BCUT2D eigenvalue weighted by atomic mass is 10.1. The number of anilines is 1. The van der Waals surface area contributed by atoms with Gasteiger partial charge in [0.1, 0.15) is 23.0 Å². The van der Waals surface area contributed by atoms with E-state index in [1.54, 1.807) is 12.1 Å². The number of hydrogen-bond acceptors (Lipinski definition) is 9. The van der Waals surface area contributed by atoms with Gasteiger partial charge in [-0.15, -0.1) is 0 Å². The van der Waals surface area contributed by atoms with Crippen LogP contribution in [0, 0.1) is 0 Å². The van der Waals surface area contributed by atoms with Crippen molar-refractivity contribution in [3.63, 3.8) is 0 Å². The number of carbonyl (C=O) groups is 1. The van der Waals surface area contributed by atoms with E-state index in [4.69, 9.17) is 24.1 Å². The van der Waals surface area contributed by atoms with Crippen LogP contribution in [-0.4, -0.2) is 62.1 Å². The zero-order valence-corrected chi connectivity index (χ0v) is 20.5. The van der Waals surface area contributed by atoms with Crippen molar-refractivity contribution in [3.8, 4) is 23.0 Å². The lowest BCUT2D eigenvalue weighted by Crippen LogP contribution is -2.22. The van der Waals surface area contributed by atoms with E-state index in [9.17, 15) is 21.6 Å². The maximum Gasteiger partial charge on any atom is 0.320 e. The lowest BCUT2D eigenvalue weighted by Gasteiger charge is -2.13. The Morgan fingerprint density at radius 3 is 2.00 bits per heavy atom. The molecule has 2 aromatic rings. The number of ether oxygens (including phenoxy) is 4. The molecule has 0 unspecified atom stereocenters. The SMILES string of the molecule is COc1cc(OC)c(/C=C\S(=O)(=O)Cc2ccc(OC)c(NS(=O)(=O)CC(=O)O)c2)c(OC)c1. The first-order chi connectivity index (χ1) is 15.9. The molecule has 186 valence electrons. The summed E-state index contributed by atoms with van der Waals surface area (Å²) in [5.74, 6) is -1.94. The van der Waals surface area contributed by atoms with Crippen LogP contribution in [0.2, 0.25) is 0 Å². The standard InChI is InChI=1S/C21H25NO10S2/c1-29-15-10-19(31-3)16(20(11-15)32-4)7-8-33(25,26)12-14-5-6-18(30-2)17(9-14)22-34(27,28)13-21(23)24/h5-11,22H,12-13H2,1-4H3,(H,23,24)/b8-7-. The molecule has 0 aromatic heterocycles. The molecular weight excluding hydrogens is 490 g/mol. The molecule has 0 spiro atoms. The van der Waals surface area contributed by atoms with Crippen LogP contribution >= 0.6 is 0 Å². The predicted molar refractivity (Wildman–Crippen MR) is 126 cm³/mol. The Balaban J connectivity index is 2.35. The van der Waals surface area contributed by atoms with E-state index >= 15 is 0 Å². The molecule has 0 fully saturated rings. The smallest absolute Gasteiger partial charge is 0.320 e. The van der Waals surface area contributed by atoms with E-state index in [0.29, 0.717) is 22.8 Å². The second-order valence-corrected chi connectivity index (χ2v) is 10.5. The number of methoxy groups -OCH3 is 4. The van der Waals surface area contributed by atoms with Gasteiger partial charge in [0.25, 0.3) is 0 Å². The molecule has 0 radical (unpaired) electrons. The Kier molecular flexibility index (Phi) is 8.76. The van der Waals surface area contributed by atoms with Gasteiger partial charge in [-0.2, -0.15) is 0 Å². The van der Waals surface area contributed by atoms with Crippen LogP contribution in [0.4, 0.5) is 5.69 Å². The molecule has 0 aliphatic rings. The van der Waals surface area contributed by atoms with Gasteiger partial charge in [0.2, 0.25) is 10.0 Å². The number of rotatable bonds is 12. The number of sulfonamides is 1. The van der Waals surface area contributed by atoms with Crippen LogP contribution in [0.15, 0.2) is 35.7 Å². The van der Waals surface area contributed by atoms with E-state index in [-0.39, 0.29) is 17.0 Å². The monoisotopic (exact) mass is 515 g/mol. The molecule has 0 amide bonds. The van der Waals surface area contributed by atoms with Gasteiger partial charge in [-0.25, -0.2) is 16.8 Å². The summed E-state index contributed by atoms with van der Waals surface area (Å²) in [6.45, 7) is 0. The normalized spacial score (nSPS) is 11.8. The number of carboxylic acid groups (broad SMARTS) is 1. The maximum atomic E-state index is 12.8. The Labute approximate surface area is 197 Å². The molecule has 2 rings (SSSR count). The quantitative estimate of drug-likeness (QED) is 0.429. The zero-order valence-electron chi connectivity index (χ0n) is 18.9. The number of aliphatic carboxylic acids is 1. The van der Waals surface area contributed by atoms with Crippen LogP contribution in [0.25, 0.3) is 6.08 Å². The van der Waals surface area contributed by atoms with Crippen molar-refractivity contribution in [1.82, 2.24) is 0 Å². The summed E-state index contributed by atoms with van der Waals surface area (Å²) >= 11 is 0. The van der Waals surface area contributed by atoms with Gasteiger partial charge in [0, 0.05) is 17.5 Å². The summed E-state index contributed by atoms with van der Waals surface area (Å²) in [6, 6.07) is 7.25. The molecule has 0 bridgehead atoms. The molecule has 0 aliphatic carbocycles. The van der Waals surface area contributed by atoms with Gasteiger partial charge in [-0.05, 0) is 23.8 Å². The van der Waals surface area contributed by atoms with Crippen molar-refractivity contribution in [3.05, 3.63) is 46.9 Å². The van der Waals surface area contributed by atoms with Crippen molar-refractivity contribution < 1.29 is 45.7 Å². The highest BCUT2D eigenvalue weighted by molar-refractivity contribution is 7.93. The first-order valence-electron chi connectivity index (χ1n) is 9.53. The molecule has 0 aliphatic heterocycles. The van der Waals surface area contributed by atoms with Gasteiger partial charge in [-0.1, -0.05) is 6.07 Å². The van der Waals surface area contributed by atoms with Gasteiger partial charge in [0.15, 0.2) is 15.6 Å². The Bertz CT molecular complexity index is 1260. The van der Waals surface area contributed by atoms with Crippen LogP contribution in [0.5, 0.6) is 23.0 Å². The maximum absolute atomic E-state index is 12.8. The van der Waals surface area contributed by atoms with Gasteiger partial charge < -0.3 is 24.1 Å². The minimum absolute atomic E-state index is 0.0843. The molecular formula is C21H25NO10S2. The average Bonchev–Trinajstić information content (AvgIpc) is 2.75. The first-order valence-corrected chi connectivity index (χ1v) is 12.9. The zero-order chi connectivity index (χ0) is 25.5. The van der Waals surface area contributed by atoms with Crippen LogP contribution in [0.1, 0.15) is 11.1 Å². The van der Waals surface area contributed by atoms with Gasteiger partial charge in [-0.3, -0.25) is 9.52 Å². The number of carboxylic acids is 1. The number of hydrogen-bond donors (Lipinski definition) is 2. The number of sulfone groups is 1. The van der Waals surface area contributed by atoms with E-state index in [0.717, 1.165) is 5.41 Å². The summed E-state index contributed by atoms with van der Waals surface area (Å²) in [6.07, 6.45) is 1.33. The van der Waals surface area contributed by atoms with Crippen LogP contribution in [0.3, 0.4) is 0 Å². The largest absolute Gasteiger partial charge is 0.496 e. The topological polar surface area (TPSA) is 155 Å². The summed E-state index contributed by atoms with van der Waals surface area (Å²) < 4.78 is 72.4. The lowest BCUT2D eigenvalue weighted by molar-refractivity contribution is -0.134. The first kappa shape index (κ1) is 26.8. The minimum Gasteiger partial charge on any atom is -0.496 e. The molecule has 2 aromatic carbocycles.